The average Bonchev–Trinajstić information content (AvgIpc) is 3.14. The summed E-state index contributed by atoms with van der Waals surface area (Å²) in [5.74, 6) is -0.354. The lowest BCUT2D eigenvalue weighted by molar-refractivity contribution is 0.0939. The number of azo groups is 1. The van der Waals surface area contributed by atoms with Crippen LogP contribution in [0.4, 0.5) is 11.4 Å². The van der Waals surface area contributed by atoms with Gasteiger partial charge in [0, 0.05) is 16.6 Å². The Balaban J connectivity index is 2.04. The van der Waals surface area contributed by atoms with Gasteiger partial charge >= 0.3 is 0 Å². The molecule has 1 N–H and O–H groups in total. The van der Waals surface area contributed by atoms with Gasteiger partial charge in [0.25, 0.3) is 5.56 Å². The first kappa shape index (κ1) is 18.3. The van der Waals surface area contributed by atoms with Gasteiger partial charge in [-0.15, -0.1) is 5.11 Å². The van der Waals surface area contributed by atoms with Crippen molar-refractivity contribution in [2.45, 2.75) is 32.4 Å². The van der Waals surface area contributed by atoms with Gasteiger partial charge in [0.15, 0.2) is 5.69 Å². The number of hydrogen-bond donors (Lipinski definition) is 1. The van der Waals surface area contributed by atoms with Crippen molar-refractivity contribution in [1.82, 2.24) is 4.57 Å². The van der Waals surface area contributed by atoms with Crippen molar-refractivity contribution in [2.24, 2.45) is 10.2 Å². The maximum Gasteiger partial charge on any atom is 0.281 e. The van der Waals surface area contributed by atoms with Crippen LogP contribution in [0, 0.1) is 18.3 Å². The van der Waals surface area contributed by atoms with E-state index in [1.165, 1.54) is 0 Å². The van der Waals surface area contributed by atoms with E-state index in [4.69, 9.17) is 4.74 Å². The molecule has 1 unspecified atom stereocenters. The molecule has 1 saturated heterocycles. The Hall–Kier alpha value is -2.50. The fourth-order valence-electron chi connectivity index (χ4n) is 2.83. The van der Waals surface area contributed by atoms with E-state index in [2.05, 4.69) is 26.2 Å². The minimum atomic E-state index is -0.490. The van der Waals surface area contributed by atoms with E-state index >= 15 is 0 Å². The van der Waals surface area contributed by atoms with Crippen molar-refractivity contribution in [2.75, 3.05) is 6.61 Å². The van der Waals surface area contributed by atoms with Gasteiger partial charge in [-0.2, -0.15) is 10.4 Å². The quantitative estimate of drug-likeness (QED) is 0.758. The number of nitriles is 1. The normalized spacial score (nSPS) is 16.9. The average molecular weight is 417 g/mol. The van der Waals surface area contributed by atoms with Crippen molar-refractivity contribution in [3.8, 4) is 11.9 Å². The molecule has 0 amide bonds. The summed E-state index contributed by atoms with van der Waals surface area (Å²) in [6.07, 6.45) is 1.55. The molecule has 1 aromatic heterocycles. The van der Waals surface area contributed by atoms with Crippen molar-refractivity contribution < 1.29 is 9.84 Å². The number of nitrogens with zero attached hydrogens (tertiary/aromatic N) is 4. The molecule has 1 atom stereocenters. The van der Waals surface area contributed by atoms with Crippen LogP contribution < -0.4 is 5.56 Å². The number of halogens is 1. The molecule has 134 valence electrons. The number of hydrogen-bond acceptors (Lipinski definition) is 6. The molecule has 0 bridgehead atoms. The molecule has 8 heteroatoms. The first-order valence-electron chi connectivity index (χ1n) is 8.16. The van der Waals surface area contributed by atoms with Crippen LogP contribution in [0.5, 0.6) is 5.88 Å². The maximum atomic E-state index is 12.8. The van der Waals surface area contributed by atoms with E-state index in [0.29, 0.717) is 17.9 Å². The Morgan fingerprint density at radius 1 is 1.38 bits per heavy atom. The van der Waals surface area contributed by atoms with Crippen LogP contribution in [-0.2, 0) is 11.3 Å². The molecular formula is C18H17BrN4O3. The summed E-state index contributed by atoms with van der Waals surface area (Å²) >= 11 is 3.34. The summed E-state index contributed by atoms with van der Waals surface area (Å²) in [5, 5.41) is 27.9. The van der Waals surface area contributed by atoms with Crippen LogP contribution in [0.1, 0.15) is 24.0 Å². The molecular weight excluding hydrogens is 400 g/mol. The zero-order chi connectivity index (χ0) is 18.7. The van der Waals surface area contributed by atoms with Crippen molar-refractivity contribution >= 4 is 27.3 Å². The molecule has 0 radical (unpaired) electrons. The number of aromatic nitrogens is 1. The molecule has 26 heavy (non-hydrogen) atoms. The van der Waals surface area contributed by atoms with Crippen LogP contribution >= 0.6 is 15.9 Å². The van der Waals surface area contributed by atoms with Gasteiger partial charge in [-0.1, -0.05) is 15.9 Å². The molecule has 1 aliphatic rings. The summed E-state index contributed by atoms with van der Waals surface area (Å²) in [6.45, 7) is 2.39. The minimum absolute atomic E-state index is 0.0207. The Labute approximate surface area is 158 Å². The third-order valence-corrected chi connectivity index (χ3v) is 4.80. The smallest absolute Gasteiger partial charge is 0.281 e. The summed E-state index contributed by atoms with van der Waals surface area (Å²) in [7, 11) is 0. The number of aromatic hydroxyl groups is 1. The van der Waals surface area contributed by atoms with Gasteiger partial charge in [-0.25, -0.2) is 0 Å². The highest BCUT2D eigenvalue weighted by Crippen LogP contribution is 2.28. The number of rotatable bonds is 4. The molecule has 2 aromatic rings. The van der Waals surface area contributed by atoms with E-state index in [1.807, 2.05) is 18.2 Å². The first-order valence-corrected chi connectivity index (χ1v) is 8.96. The van der Waals surface area contributed by atoms with Crippen LogP contribution in [0.3, 0.4) is 0 Å². The molecule has 7 nitrogen and oxygen atoms in total. The van der Waals surface area contributed by atoms with Gasteiger partial charge < -0.3 is 9.84 Å². The van der Waals surface area contributed by atoms with E-state index in [-0.39, 0.29) is 29.8 Å². The first-order chi connectivity index (χ1) is 12.5. The van der Waals surface area contributed by atoms with Crippen molar-refractivity contribution in [3.05, 3.63) is 50.2 Å². The van der Waals surface area contributed by atoms with Crippen LogP contribution in [0.15, 0.2) is 43.8 Å². The van der Waals surface area contributed by atoms with Gasteiger partial charge in [0.1, 0.15) is 11.6 Å². The second-order valence-corrected chi connectivity index (χ2v) is 6.93. The molecule has 0 spiro atoms. The molecule has 0 saturated carbocycles. The molecule has 1 aromatic carbocycles. The highest BCUT2D eigenvalue weighted by molar-refractivity contribution is 9.10. The summed E-state index contributed by atoms with van der Waals surface area (Å²) in [4.78, 5) is 12.8. The third kappa shape index (κ3) is 3.69. The van der Waals surface area contributed by atoms with Gasteiger partial charge in [-0.3, -0.25) is 9.36 Å². The monoisotopic (exact) mass is 416 g/mol. The Morgan fingerprint density at radius 2 is 2.12 bits per heavy atom. The second-order valence-electron chi connectivity index (χ2n) is 6.01. The lowest BCUT2D eigenvalue weighted by Crippen LogP contribution is -2.27. The Morgan fingerprint density at radius 3 is 2.73 bits per heavy atom. The predicted molar refractivity (Wildman–Crippen MR) is 99.1 cm³/mol. The molecule has 1 aliphatic heterocycles. The van der Waals surface area contributed by atoms with E-state index in [9.17, 15) is 15.2 Å². The van der Waals surface area contributed by atoms with E-state index in [1.54, 1.807) is 19.1 Å². The summed E-state index contributed by atoms with van der Waals surface area (Å²) in [6, 6.07) is 9.07. The second kappa shape index (κ2) is 7.81. The Bertz CT molecular complexity index is 939. The van der Waals surface area contributed by atoms with Gasteiger partial charge in [0.05, 0.1) is 18.3 Å². The highest BCUT2D eigenvalue weighted by atomic mass is 79.9. The fraction of sp³-hybridized carbons (Fsp3) is 0.333. The fourth-order valence-corrected chi connectivity index (χ4v) is 3.10. The van der Waals surface area contributed by atoms with Crippen molar-refractivity contribution in [1.29, 1.82) is 5.26 Å². The van der Waals surface area contributed by atoms with Crippen LogP contribution in [0.2, 0.25) is 0 Å². The minimum Gasteiger partial charge on any atom is -0.493 e. The predicted octanol–water partition coefficient (Wildman–Crippen LogP) is 4.09. The lowest BCUT2D eigenvalue weighted by Gasteiger charge is -2.16. The topological polar surface area (TPSA) is 100.0 Å². The number of ether oxygens (including phenoxy) is 1. The highest BCUT2D eigenvalue weighted by Gasteiger charge is 2.23. The molecule has 2 heterocycles. The number of pyridine rings is 1. The zero-order valence-corrected chi connectivity index (χ0v) is 15.7. The standard InChI is InChI=1S/C18H17BrN4O3/c1-11-15(9-20)17(24)23(10-14-3-2-8-26-14)18(25)16(11)22-21-13-6-4-12(19)5-7-13/h4-7,14,24H,2-3,8,10H2,1H3. The van der Waals surface area contributed by atoms with Gasteiger partial charge in [0.2, 0.25) is 5.88 Å². The third-order valence-electron chi connectivity index (χ3n) is 4.27. The van der Waals surface area contributed by atoms with Crippen LogP contribution in [-0.4, -0.2) is 22.4 Å². The Kier molecular flexibility index (Phi) is 5.49. The molecule has 3 rings (SSSR count). The molecule has 0 aliphatic carbocycles. The largest absolute Gasteiger partial charge is 0.493 e. The zero-order valence-electron chi connectivity index (χ0n) is 14.1. The summed E-state index contributed by atoms with van der Waals surface area (Å²) < 4.78 is 7.59. The lowest BCUT2D eigenvalue weighted by atomic mass is 10.1. The van der Waals surface area contributed by atoms with E-state index < -0.39 is 5.56 Å². The maximum absolute atomic E-state index is 12.8. The summed E-state index contributed by atoms with van der Waals surface area (Å²) in [5.41, 5.74) is 0.451. The SMILES string of the molecule is Cc1c(C#N)c(O)n(CC2CCCO2)c(=O)c1N=Nc1ccc(Br)cc1. The van der Waals surface area contributed by atoms with Crippen molar-refractivity contribution in [3.63, 3.8) is 0 Å². The number of benzene rings is 1. The van der Waals surface area contributed by atoms with E-state index in [0.717, 1.165) is 21.9 Å². The van der Waals surface area contributed by atoms with Crippen LogP contribution in [0.25, 0.3) is 0 Å². The molecule has 1 fully saturated rings. The van der Waals surface area contributed by atoms with Gasteiger partial charge in [-0.05, 0) is 44.0 Å².